The highest BCUT2D eigenvalue weighted by atomic mass is 33.1. The molecule has 0 aliphatic carbocycles. The van der Waals surface area contributed by atoms with Crippen molar-refractivity contribution < 1.29 is 62.4 Å². The predicted octanol–water partition coefficient (Wildman–Crippen LogP) is 17.0. The van der Waals surface area contributed by atoms with Crippen molar-refractivity contribution in [3.05, 3.63) is 188 Å². The molecular formula is C84H88N14O13S6. The number of Topliss-reactive ketones (excluding diaryl/α,β-unsaturated/α-hetero) is 2. The molecule has 27 nitrogen and oxygen atoms in total. The molecule has 4 aliphatic heterocycles. The van der Waals surface area contributed by atoms with Crippen LogP contribution in [0, 0.1) is 0 Å². The van der Waals surface area contributed by atoms with Crippen LogP contribution in [0.25, 0.3) is 22.5 Å². The molecule has 608 valence electrons. The first-order chi connectivity index (χ1) is 56.2. The van der Waals surface area contributed by atoms with Crippen molar-refractivity contribution >= 4 is 171 Å². The second-order valence-corrected chi connectivity index (χ2v) is 36.7. The number of carboxylic acids is 1. The summed E-state index contributed by atoms with van der Waals surface area (Å²) < 4.78 is 25.8. The lowest BCUT2D eigenvalue weighted by Crippen LogP contribution is -2.37. The Balaban J connectivity index is 0.000000179. The molecule has 0 unspecified atom stereocenters. The lowest BCUT2D eigenvalue weighted by Gasteiger charge is -2.22. The topological polar surface area (TPSA) is 348 Å². The summed E-state index contributed by atoms with van der Waals surface area (Å²) in [6, 6.07) is 36.6. The van der Waals surface area contributed by atoms with Gasteiger partial charge in [0.2, 0.25) is 17.6 Å². The molecule has 6 N–H and O–H groups in total. The van der Waals surface area contributed by atoms with Gasteiger partial charge in [0.05, 0.1) is 73.4 Å². The van der Waals surface area contributed by atoms with Crippen molar-refractivity contribution in [2.75, 3.05) is 71.4 Å². The summed E-state index contributed by atoms with van der Waals surface area (Å²) in [6.07, 6.45) is 15.7. The van der Waals surface area contributed by atoms with Gasteiger partial charge in [-0.25, -0.2) is 19.9 Å². The molecule has 4 aromatic heterocycles. The molecule has 0 spiro atoms. The Morgan fingerprint density at radius 3 is 1.42 bits per heavy atom. The number of imidazole rings is 2. The lowest BCUT2D eigenvalue weighted by atomic mass is 10.1. The Labute approximate surface area is 700 Å². The number of fused-ring (bicyclic) bond motifs is 8. The van der Waals surface area contributed by atoms with Crippen molar-refractivity contribution in [3.63, 3.8) is 0 Å². The van der Waals surface area contributed by atoms with Crippen molar-refractivity contribution in [2.24, 2.45) is 24.1 Å². The smallest absolute Gasteiger partial charge is 0.303 e. The molecule has 10 aromatic rings. The fourth-order valence-corrected chi connectivity index (χ4v) is 19.4. The average molecular weight is 1690 g/mol. The highest BCUT2D eigenvalue weighted by Gasteiger charge is 2.39. The van der Waals surface area contributed by atoms with Gasteiger partial charge in [-0.1, -0.05) is 104 Å². The first-order valence-electron chi connectivity index (χ1n) is 37.4. The second-order valence-electron chi connectivity index (χ2n) is 28.8. The average Bonchev–Trinajstić information content (AvgIpc) is 1.62. The maximum absolute atomic E-state index is 13.7. The zero-order valence-electron chi connectivity index (χ0n) is 66.0. The van der Waals surface area contributed by atoms with Crippen LogP contribution in [0.4, 0.5) is 45.8 Å². The first-order valence-corrected chi connectivity index (χ1v) is 44.3. The largest absolute Gasteiger partial charge is 0.493 e. The number of methoxy groups -OCH3 is 2. The van der Waals surface area contributed by atoms with Crippen molar-refractivity contribution in [1.82, 2.24) is 29.1 Å². The first kappa shape index (κ1) is 85.3. The van der Waals surface area contributed by atoms with Crippen LogP contribution in [-0.2, 0) is 36.5 Å². The number of anilines is 6. The number of benzene rings is 6. The van der Waals surface area contributed by atoms with Crippen molar-refractivity contribution in [1.29, 1.82) is 0 Å². The molecule has 0 saturated carbocycles. The molecule has 14 rings (SSSR count). The minimum atomic E-state index is -0.867. The van der Waals surface area contributed by atoms with E-state index < -0.39 is 11.9 Å². The Morgan fingerprint density at radius 1 is 0.556 bits per heavy atom. The molecule has 0 saturated heterocycles. The summed E-state index contributed by atoms with van der Waals surface area (Å²) in [5.74, 6) is 0.463. The van der Waals surface area contributed by atoms with E-state index in [2.05, 4.69) is 73.6 Å². The number of hydrogen-bond acceptors (Lipinski definition) is 25. The number of ether oxygens (including phenoxy) is 4. The highest BCUT2D eigenvalue weighted by Crippen LogP contribution is 2.45. The minimum Gasteiger partial charge on any atom is -0.493 e. The van der Waals surface area contributed by atoms with E-state index in [0.29, 0.717) is 111 Å². The molecule has 117 heavy (non-hydrogen) atoms. The number of carbonyl (C=O) groups excluding carboxylic acids is 7. The number of para-hydroxylation sites is 2. The number of aliphatic imine (C=N–C) groups is 2. The number of aliphatic carboxylic acids is 1. The van der Waals surface area contributed by atoms with Crippen LogP contribution in [0.15, 0.2) is 154 Å². The second kappa shape index (κ2) is 38.3. The number of aryl methyl sites for hydroxylation is 2. The van der Waals surface area contributed by atoms with Crippen molar-refractivity contribution in [2.45, 2.75) is 113 Å². The molecular weight excluding hydrogens is 1610 g/mol. The van der Waals surface area contributed by atoms with Gasteiger partial charge < -0.3 is 54.9 Å². The fourth-order valence-electron chi connectivity index (χ4n) is 13.3. The quantitative estimate of drug-likeness (QED) is 0.0153. The van der Waals surface area contributed by atoms with Gasteiger partial charge in [-0.05, 0) is 126 Å². The van der Waals surface area contributed by atoms with Gasteiger partial charge in [-0.15, -0.1) is 22.7 Å². The van der Waals surface area contributed by atoms with Gasteiger partial charge in [0.1, 0.15) is 5.82 Å². The van der Waals surface area contributed by atoms with Crippen LogP contribution in [-0.4, -0.2) is 155 Å². The number of ketones is 2. The number of thiazole rings is 2. The van der Waals surface area contributed by atoms with E-state index in [4.69, 9.17) is 29.8 Å². The van der Waals surface area contributed by atoms with E-state index in [1.807, 2.05) is 96.1 Å². The lowest BCUT2D eigenvalue weighted by molar-refractivity contribution is -0.137. The Morgan fingerprint density at radius 2 is 0.991 bits per heavy atom. The zero-order chi connectivity index (χ0) is 83.2. The standard InChI is InChI=1S/C42H43N7O6S3.C21H25N5O2S3.C21H20N2O5/c1-42(2,58-56-5)17-16-33(50)40-45-31(24-57-40)25-12-14-27(15-13-25)44-39(52)38-47-36(23-48(38)3)46-37(51)11-8-18-55-35-21-30-29(20-34(35)54-4)41(53)49-28(22-43-30)19-26-9-6-7-10-32(26)49;1-21(2,31-29-4)10-9-16(27)20-24-15(12-30-20)13-5-7-14(8-6-13)23-19(28)18-25-17(22)11-26(18)3;1-27-18-10-15-16(11-19(18)28-8-4-7-20(24)25)22-12-14-9-13-5-2-3-6-17(13)23(14)21(15)26/h6-7,9-10,12-15,20-24,28H,8,11,16-19H2,1-5H3,(H,44,52)(H,46,51);5-8,11-12H,9-10,22H2,1-4H3,(H,23,28);2-3,5-6,10-12,14H,4,7-9H2,1H3,(H,24,25)/t28-;;14-/m0.0/s1. The number of carboxylic acid groups (broad SMARTS) is 1. The number of amides is 5. The number of rotatable bonds is 31. The van der Waals surface area contributed by atoms with Gasteiger partial charge in [0.15, 0.2) is 50.4 Å². The van der Waals surface area contributed by atoms with Crippen LogP contribution in [0.5, 0.6) is 23.0 Å². The van der Waals surface area contributed by atoms with Gasteiger partial charge in [-0.3, -0.25) is 58.1 Å². The molecule has 0 fully saturated rings. The summed E-state index contributed by atoms with van der Waals surface area (Å²) in [5, 5.41) is 21.9. The van der Waals surface area contributed by atoms with Crippen LogP contribution in [0.2, 0.25) is 0 Å². The van der Waals surface area contributed by atoms with E-state index in [9.17, 15) is 38.4 Å². The number of carbonyl (C=O) groups is 8. The minimum absolute atomic E-state index is 0.00614. The van der Waals surface area contributed by atoms with Gasteiger partial charge >= 0.3 is 5.97 Å². The molecule has 0 radical (unpaired) electrons. The third-order valence-corrected chi connectivity index (χ3v) is 26.3. The number of nitrogen functional groups attached to an aromatic ring is 1. The van der Waals surface area contributed by atoms with Crippen LogP contribution in [0.1, 0.15) is 152 Å². The molecule has 33 heteroatoms. The predicted molar refractivity (Wildman–Crippen MR) is 469 cm³/mol. The third kappa shape index (κ3) is 21.2. The fraction of sp³-hybridized carbons (Fsp3) is 0.310. The maximum Gasteiger partial charge on any atom is 0.303 e. The molecule has 5 amide bonds. The SMILES string of the molecule is COc1cc2c(cc1OCCCC(=O)Nc1cn(C)c(C(=O)Nc3ccc(-c4csc(C(=O)CCC(C)(C)SSC)n4)cc3)n1)N=C[C@@H]1Cc3ccccc3N1C2=O.COc1cc2c(cc1OCCCC(=O)O)N=C[C@@H]1Cc3ccccc3N1C2=O.CSSC(C)(C)CCC(=O)c1nc(-c2ccc(NC(=O)c3nc(N)cn3C)cc2)cs1. The normalized spacial score (nSPS) is 14.2. The summed E-state index contributed by atoms with van der Waals surface area (Å²) in [4.78, 5) is 131. The van der Waals surface area contributed by atoms with E-state index in [0.717, 1.165) is 58.6 Å². The molecule has 6 aromatic carbocycles. The van der Waals surface area contributed by atoms with Gasteiger partial charge in [-0.2, -0.15) is 0 Å². The summed E-state index contributed by atoms with van der Waals surface area (Å²) >= 11 is 2.71. The van der Waals surface area contributed by atoms with Crippen LogP contribution < -0.4 is 50.4 Å². The molecule has 4 aliphatic rings. The Kier molecular flexibility index (Phi) is 27.9. The molecule has 0 bridgehead atoms. The molecule has 8 heterocycles. The van der Waals surface area contributed by atoms with Crippen LogP contribution >= 0.6 is 65.8 Å². The molecule has 2 atom stereocenters. The number of aromatic nitrogens is 6. The van der Waals surface area contributed by atoms with E-state index in [-0.39, 0.29) is 100 Å². The van der Waals surface area contributed by atoms with Crippen LogP contribution in [0.3, 0.4) is 0 Å². The van der Waals surface area contributed by atoms with Gasteiger partial charge in [0, 0.05) is 144 Å². The van der Waals surface area contributed by atoms with E-state index >= 15 is 0 Å². The Hall–Kier alpha value is -11.1. The summed E-state index contributed by atoms with van der Waals surface area (Å²) in [6.45, 7) is 9.02. The highest BCUT2D eigenvalue weighted by molar-refractivity contribution is 8.77. The summed E-state index contributed by atoms with van der Waals surface area (Å²) in [5.41, 5.74) is 15.9. The van der Waals surface area contributed by atoms with Gasteiger partial charge in [0.25, 0.3) is 23.6 Å². The van der Waals surface area contributed by atoms with E-state index in [1.54, 1.807) is 145 Å². The Bertz CT molecular complexity index is 5430. The number of nitrogens with one attached hydrogen (secondary N) is 3. The third-order valence-electron chi connectivity index (χ3n) is 19.2. The maximum atomic E-state index is 13.7. The summed E-state index contributed by atoms with van der Waals surface area (Å²) in [7, 11) is 13.4. The zero-order valence-corrected chi connectivity index (χ0v) is 70.9. The number of nitrogens with zero attached hydrogens (tertiary/aromatic N) is 10. The number of hydrogen-bond donors (Lipinski definition) is 5. The monoisotopic (exact) mass is 1690 g/mol. The van der Waals surface area contributed by atoms with E-state index in [1.165, 1.54) is 41.5 Å². The number of nitrogens with two attached hydrogens (primary N) is 1. The van der Waals surface area contributed by atoms with Crippen molar-refractivity contribution in [3.8, 4) is 45.5 Å².